The molecule has 4 nitrogen and oxygen atoms in total. The fourth-order valence-corrected chi connectivity index (χ4v) is 1.23. The SMILES string of the molecule is O=Cc1cc2c(=O)ccoc2cc1O. The van der Waals surface area contributed by atoms with E-state index in [1.165, 1.54) is 24.5 Å². The Morgan fingerprint density at radius 2 is 2.14 bits per heavy atom. The molecule has 0 bridgehead atoms. The van der Waals surface area contributed by atoms with E-state index in [2.05, 4.69) is 0 Å². The number of rotatable bonds is 1. The van der Waals surface area contributed by atoms with E-state index in [4.69, 9.17) is 4.42 Å². The van der Waals surface area contributed by atoms with Crippen molar-refractivity contribution in [2.45, 2.75) is 0 Å². The lowest BCUT2D eigenvalue weighted by molar-refractivity contribution is 0.112. The minimum atomic E-state index is -0.241. The molecule has 0 saturated carbocycles. The molecule has 2 aromatic rings. The molecule has 0 amide bonds. The van der Waals surface area contributed by atoms with Crippen LogP contribution in [0.1, 0.15) is 10.4 Å². The molecule has 0 atom stereocenters. The largest absolute Gasteiger partial charge is 0.507 e. The second kappa shape index (κ2) is 2.99. The first-order chi connectivity index (χ1) is 6.72. The fourth-order valence-electron chi connectivity index (χ4n) is 1.23. The molecule has 0 aliphatic carbocycles. The summed E-state index contributed by atoms with van der Waals surface area (Å²) in [5.74, 6) is -0.193. The zero-order chi connectivity index (χ0) is 10.1. The Kier molecular flexibility index (Phi) is 1.81. The van der Waals surface area contributed by atoms with Gasteiger partial charge in [-0.3, -0.25) is 9.59 Å². The molecule has 0 aliphatic rings. The normalized spacial score (nSPS) is 10.3. The van der Waals surface area contributed by atoms with Gasteiger partial charge in [0.05, 0.1) is 17.2 Å². The van der Waals surface area contributed by atoms with Gasteiger partial charge in [-0.25, -0.2) is 0 Å². The highest BCUT2D eigenvalue weighted by Gasteiger charge is 2.06. The van der Waals surface area contributed by atoms with Crippen LogP contribution in [0.4, 0.5) is 0 Å². The minimum absolute atomic E-state index is 0.0796. The van der Waals surface area contributed by atoms with Crippen molar-refractivity contribution in [2.75, 3.05) is 0 Å². The third-order valence-corrected chi connectivity index (χ3v) is 1.94. The van der Waals surface area contributed by atoms with Gasteiger partial charge >= 0.3 is 0 Å². The first-order valence-corrected chi connectivity index (χ1v) is 3.92. The van der Waals surface area contributed by atoms with Crippen molar-refractivity contribution in [2.24, 2.45) is 0 Å². The van der Waals surface area contributed by atoms with E-state index >= 15 is 0 Å². The molecule has 0 spiro atoms. The molecule has 1 aromatic carbocycles. The molecule has 0 saturated heterocycles. The van der Waals surface area contributed by atoms with Gasteiger partial charge in [-0.1, -0.05) is 0 Å². The maximum Gasteiger partial charge on any atom is 0.192 e. The summed E-state index contributed by atoms with van der Waals surface area (Å²) in [6, 6.07) is 3.82. The van der Waals surface area contributed by atoms with Gasteiger partial charge in [-0.15, -0.1) is 0 Å². The van der Waals surface area contributed by atoms with Crippen molar-refractivity contribution in [1.82, 2.24) is 0 Å². The number of phenolic OH excluding ortho intramolecular Hbond substituents is 1. The Hall–Kier alpha value is -2.10. The van der Waals surface area contributed by atoms with Gasteiger partial charge in [0.1, 0.15) is 11.3 Å². The molecule has 0 fully saturated rings. The summed E-state index contributed by atoms with van der Waals surface area (Å²) in [7, 11) is 0. The minimum Gasteiger partial charge on any atom is -0.507 e. The Morgan fingerprint density at radius 3 is 2.86 bits per heavy atom. The highest BCUT2D eigenvalue weighted by Crippen LogP contribution is 2.21. The molecule has 0 radical (unpaired) electrons. The van der Waals surface area contributed by atoms with Crippen LogP contribution in [0.2, 0.25) is 0 Å². The van der Waals surface area contributed by atoms with Gasteiger partial charge in [0.25, 0.3) is 0 Å². The van der Waals surface area contributed by atoms with E-state index in [0.29, 0.717) is 6.29 Å². The number of aromatic hydroxyl groups is 1. The van der Waals surface area contributed by atoms with Crippen molar-refractivity contribution < 1.29 is 14.3 Å². The number of carbonyl (C=O) groups excluding carboxylic acids is 1. The molecule has 1 N–H and O–H groups in total. The molecule has 0 unspecified atom stereocenters. The first-order valence-electron chi connectivity index (χ1n) is 3.92. The smallest absolute Gasteiger partial charge is 0.192 e. The molecule has 14 heavy (non-hydrogen) atoms. The van der Waals surface area contributed by atoms with Crippen molar-refractivity contribution in [3.63, 3.8) is 0 Å². The lowest BCUT2D eigenvalue weighted by atomic mass is 10.1. The van der Waals surface area contributed by atoms with Crippen LogP contribution in [-0.4, -0.2) is 11.4 Å². The Morgan fingerprint density at radius 1 is 1.36 bits per heavy atom. The van der Waals surface area contributed by atoms with Crippen LogP contribution in [0.5, 0.6) is 5.75 Å². The fraction of sp³-hybridized carbons (Fsp3) is 0. The average molecular weight is 190 g/mol. The lowest BCUT2D eigenvalue weighted by Gasteiger charge is -1.99. The number of benzene rings is 1. The number of phenols is 1. The second-order valence-electron chi connectivity index (χ2n) is 2.81. The summed E-state index contributed by atoms with van der Waals surface area (Å²) < 4.78 is 5.00. The maximum atomic E-state index is 11.3. The number of hydrogen-bond acceptors (Lipinski definition) is 4. The summed E-state index contributed by atoms with van der Waals surface area (Å²) >= 11 is 0. The van der Waals surface area contributed by atoms with Crippen LogP contribution < -0.4 is 5.43 Å². The van der Waals surface area contributed by atoms with E-state index in [1.54, 1.807) is 0 Å². The van der Waals surface area contributed by atoms with E-state index < -0.39 is 0 Å². The van der Waals surface area contributed by atoms with Gasteiger partial charge in [-0.2, -0.15) is 0 Å². The lowest BCUT2D eigenvalue weighted by Crippen LogP contribution is -1.98. The average Bonchev–Trinajstić information content (AvgIpc) is 2.17. The Bertz CT molecular complexity index is 554. The van der Waals surface area contributed by atoms with Gasteiger partial charge in [-0.05, 0) is 6.07 Å². The molecule has 1 aromatic heterocycles. The van der Waals surface area contributed by atoms with Gasteiger partial charge in [0, 0.05) is 12.1 Å². The third kappa shape index (κ3) is 1.17. The van der Waals surface area contributed by atoms with E-state index in [-0.39, 0.29) is 27.7 Å². The predicted octanol–water partition coefficient (Wildman–Crippen LogP) is 1.31. The monoisotopic (exact) mass is 190 g/mol. The predicted molar refractivity (Wildman–Crippen MR) is 49.5 cm³/mol. The topological polar surface area (TPSA) is 67.5 Å². The quantitative estimate of drug-likeness (QED) is 0.688. The summed E-state index contributed by atoms with van der Waals surface area (Å²) in [6.07, 6.45) is 1.73. The van der Waals surface area contributed by atoms with Crippen LogP contribution in [0.3, 0.4) is 0 Å². The van der Waals surface area contributed by atoms with Crippen LogP contribution in [0.15, 0.2) is 33.7 Å². The van der Waals surface area contributed by atoms with Crippen LogP contribution in [0, 0.1) is 0 Å². The van der Waals surface area contributed by atoms with Gasteiger partial charge in [0.2, 0.25) is 0 Å². The van der Waals surface area contributed by atoms with Crippen molar-refractivity contribution >= 4 is 17.3 Å². The van der Waals surface area contributed by atoms with Crippen LogP contribution in [-0.2, 0) is 0 Å². The second-order valence-corrected chi connectivity index (χ2v) is 2.81. The number of carbonyl (C=O) groups is 1. The summed E-state index contributed by atoms with van der Waals surface area (Å²) in [5, 5.41) is 9.59. The molecule has 70 valence electrons. The third-order valence-electron chi connectivity index (χ3n) is 1.94. The summed E-state index contributed by atoms with van der Waals surface area (Å²) in [6.45, 7) is 0. The maximum absolute atomic E-state index is 11.3. The molecule has 1 heterocycles. The zero-order valence-corrected chi connectivity index (χ0v) is 7.06. The zero-order valence-electron chi connectivity index (χ0n) is 7.06. The molecule has 4 heteroatoms. The van der Waals surface area contributed by atoms with E-state index in [9.17, 15) is 14.7 Å². The highest BCUT2D eigenvalue weighted by atomic mass is 16.3. The number of fused-ring (bicyclic) bond motifs is 1. The van der Waals surface area contributed by atoms with E-state index in [0.717, 1.165) is 0 Å². The Labute approximate surface area is 78.4 Å². The summed E-state index contributed by atoms with van der Waals surface area (Å²) in [4.78, 5) is 21.8. The Balaban J connectivity index is 2.94. The van der Waals surface area contributed by atoms with Crippen LogP contribution >= 0.6 is 0 Å². The number of hydrogen-bond donors (Lipinski definition) is 1. The van der Waals surface area contributed by atoms with Crippen molar-refractivity contribution in [3.05, 3.63) is 40.2 Å². The molecular formula is C10H6O4. The summed E-state index contributed by atoms with van der Waals surface area (Å²) in [5.41, 5.74) is 0.103. The molecule has 2 rings (SSSR count). The van der Waals surface area contributed by atoms with E-state index in [1.807, 2.05) is 0 Å². The molecule has 0 aliphatic heterocycles. The van der Waals surface area contributed by atoms with Crippen LogP contribution in [0.25, 0.3) is 11.0 Å². The van der Waals surface area contributed by atoms with Crippen molar-refractivity contribution in [1.29, 1.82) is 0 Å². The van der Waals surface area contributed by atoms with Gasteiger partial charge in [0.15, 0.2) is 11.7 Å². The first kappa shape index (κ1) is 8.50. The van der Waals surface area contributed by atoms with Crippen molar-refractivity contribution in [3.8, 4) is 5.75 Å². The van der Waals surface area contributed by atoms with Gasteiger partial charge < -0.3 is 9.52 Å². The highest BCUT2D eigenvalue weighted by molar-refractivity contribution is 5.89. The molecular weight excluding hydrogens is 184 g/mol. The number of aldehydes is 1. The standard InChI is InChI=1S/C10H6O4/c11-5-6-3-7-8(12)1-2-14-10(7)4-9(6)13/h1-5,13H.